The molecule has 0 aromatic heterocycles. The van der Waals surface area contributed by atoms with Gasteiger partial charge in [-0.25, -0.2) is 4.79 Å². The summed E-state index contributed by atoms with van der Waals surface area (Å²) >= 11 is 0. The van der Waals surface area contributed by atoms with Crippen LogP contribution in [0.5, 0.6) is 11.5 Å². The van der Waals surface area contributed by atoms with E-state index in [1.807, 2.05) is 0 Å². The molecule has 2 aromatic rings. The zero-order chi connectivity index (χ0) is 27.9. The van der Waals surface area contributed by atoms with Crippen molar-refractivity contribution in [3.05, 3.63) is 63.7 Å². The van der Waals surface area contributed by atoms with E-state index in [9.17, 15) is 63.2 Å². The van der Waals surface area contributed by atoms with Crippen molar-refractivity contribution in [2.24, 2.45) is 0 Å². The van der Waals surface area contributed by atoms with Crippen molar-refractivity contribution >= 4 is 11.7 Å². The van der Waals surface area contributed by atoms with Crippen LogP contribution in [0.15, 0.2) is 42.5 Å². The predicted octanol–water partition coefficient (Wildman–Crippen LogP) is 6.73. The molecular weight excluding hydrogens is 531 g/mol. The number of nitrogens with zero attached hydrogens (tertiary/aromatic N) is 1. The van der Waals surface area contributed by atoms with E-state index in [2.05, 4.69) is 4.74 Å². The Morgan fingerprint density at radius 2 is 1.28 bits per heavy atom. The van der Waals surface area contributed by atoms with E-state index in [1.54, 1.807) is 0 Å². The molecule has 36 heavy (non-hydrogen) atoms. The van der Waals surface area contributed by atoms with Crippen LogP contribution < -0.4 is 4.74 Å². The second-order valence-electron chi connectivity index (χ2n) is 6.85. The zero-order valence-corrected chi connectivity index (χ0v) is 17.2. The Balaban J connectivity index is 2.40. The van der Waals surface area contributed by atoms with E-state index < -0.39 is 63.3 Å². The fraction of sp³-hybridized carbons (Fsp3) is 0.316. The fourth-order valence-corrected chi connectivity index (χ4v) is 2.63. The highest BCUT2D eigenvalue weighted by Crippen LogP contribution is 2.59. The van der Waals surface area contributed by atoms with Gasteiger partial charge in [0.25, 0.3) is 5.69 Å². The molecule has 0 aliphatic carbocycles. The second-order valence-corrected chi connectivity index (χ2v) is 6.85. The Bertz CT molecular complexity index is 1150. The molecule has 0 saturated carbocycles. The first-order valence-corrected chi connectivity index (χ1v) is 8.95. The number of methoxy groups -OCH3 is 1. The molecule has 0 unspecified atom stereocenters. The SMILES string of the molecule is COC(=O)c1cc(Oc2ccc(C(F)(F)C(F)(F)C(F)(F)C(F)(F)C(F)(F)F)cc2)ccc1[N+](=O)[O-]. The molecule has 0 aliphatic rings. The predicted molar refractivity (Wildman–Crippen MR) is 95.7 cm³/mol. The highest BCUT2D eigenvalue weighted by atomic mass is 19.4. The molecule has 0 spiro atoms. The summed E-state index contributed by atoms with van der Waals surface area (Å²) < 4.78 is 155. The summed E-state index contributed by atoms with van der Waals surface area (Å²) in [7, 11) is 0.891. The smallest absolute Gasteiger partial charge is 0.460 e. The molecule has 2 aromatic carbocycles. The molecule has 0 heterocycles. The minimum absolute atomic E-state index is 0.0162. The molecule has 17 heteroatoms. The van der Waals surface area contributed by atoms with E-state index in [0.29, 0.717) is 12.1 Å². The maximum Gasteiger partial charge on any atom is 0.460 e. The summed E-state index contributed by atoms with van der Waals surface area (Å²) in [6, 6.07) is 3.31. The van der Waals surface area contributed by atoms with Gasteiger partial charge >= 0.3 is 35.8 Å². The van der Waals surface area contributed by atoms with Crippen LogP contribution in [0.25, 0.3) is 0 Å². The van der Waals surface area contributed by atoms with Crippen LogP contribution in [-0.4, -0.2) is 41.9 Å². The fourth-order valence-electron chi connectivity index (χ4n) is 2.63. The minimum Gasteiger partial charge on any atom is -0.465 e. The van der Waals surface area contributed by atoms with Crippen molar-refractivity contribution in [1.82, 2.24) is 0 Å². The number of carbonyl (C=O) groups is 1. The van der Waals surface area contributed by atoms with Gasteiger partial charge in [-0.15, -0.1) is 0 Å². The zero-order valence-electron chi connectivity index (χ0n) is 17.2. The number of alkyl halides is 11. The second kappa shape index (κ2) is 9.09. The van der Waals surface area contributed by atoms with Crippen LogP contribution in [0.3, 0.4) is 0 Å². The van der Waals surface area contributed by atoms with Gasteiger partial charge in [-0.05, 0) is 30.3 Å². The van der Waals surface area contributed by atoms with E-state index in [1.165, 1.54) is 0 Å². The van der Waals surface area contributed by atoms with Gasteiger partial charge < -0.3 is 9.47 Å². The van der Waals surface area contributed by atoms with Crippen molar-refractivity contribution in [1.29, 1.82) is 0 Å². The topological polar surface area (TPSA) is 78.7 Å². The van der Waals surface area contributed by atoms with E-state index >= 15 is 0 Å². The third-order valence-electron chi connectivity index (χ3n) is 4.56. The summed E-state index contributed by atoms with van der Waals surface area (Å²) in [5.74, 6) is -30.6. The number of ether oxygens (including phenoxy) is 2. The molecule has 0 amide bonds. The maximum atomic E-state index is 14.1. The number of hydrogen-bond donors (Lipinski definition) is 0. The summed E-state index contributed by atoms with van der Waals surface area (Å²) in [5.41, 5.74) is -3.41. The minimum atomic E-state index is -7.56. The summed E-state index contributed by atoms with van der Waals surface area (Å²) in [6.45, 7) is 0. The third kappa shape index (κ3) is 4.60. The monoisotopic (exact) mass is 541 g/mol. The Morgan fingerprint density at radius 3 is 1.72 bits per heavy atom. The molecule has 0 aliphatic heterocycles. The van der Waals surface area contributed by atoms with Crippen molar-refractivity contribution in [3.8, 4) is 11.5 Å². The number of rotatable bonds is 8. The third-order valence-corrected chi connectivity index (χ3v) is 4.56. The number of nitro groups is 1. The van der Waals surface area contributed by atoms with Crippen LogP contribution in [0.4, 0.5) is 54.0 Å². The Morgan fingerprint density at radius 1 is 0.778 bits per heavy atom. The van der Waals surface area contributed by atoms with E-state index in [4.69, 9.17) is 4.74 Å². The number of nitro benzene ring substituents is 1. The quantitative estimate of drug-likeness (QED) is 0.160. The first kappa shape index (κ1) is 28.6. The van der Waals surface area contributed by atoms with Crippen LogP contribution in [0.2, 0.25) is 0 Å². The van der Waals surface area contributed by atoms with E-state index in [-0.39, 0.29) is 17.9 Å². The lowest BCUT2D eigenvalue weighted by molar-refractivity contribution is -0.424. The highest BCUT2D eigenvalue weighted by molar-refractivity contribution is 5.94. The highest BCUT2D eigenvalue weighted by Gasteiger charge is 2.87. The first-order valence-electron chi connectivity index (χ1n) is 8.95. The molecule has 0 radical (unpaired) electrons. The number of halogens is 11. The lowest BCUT2D eigenvalue weighted by Gasteiger charge is -2.37. The van der Waals surface area contributed by atoms with Gasteiger partial charge in [-0.3, -0.25) is 10.1 Å². The van der Waals surface area contributed by atoms with Crippen molar-refractivity contribution < 1.29 is 67.5 Å². The molecule has 2 rings (SSSR count). The van der Waals surface area contributed by atoms with Gasteiger partial charge in [0.05, 0.1) is 12.0 Å². The standard InChI is InChI=1S/C19H10F11NO5/c1-35-14(32)12-8-11(6-7-13(12)31(33)34)36-10-4-2-9(3-5-10)15(20,21)16(22,23)17(24,25)18(26,27)19(28,29)30/h2-8H,1H3. The number of benzene rings is 2. The van der Waals surface area contributed by atoms with Gasteiger partial charge in [0.2, 0.25) is 0 Å². The normalized spacial score (nSPS) is 13.3. The molecule has 0 bridgehead atoms. The van der Waals surface area contributed by atoms with Crippen LogP contribution in [-0.2, 0) is 10.7 Å². The van der Waals surface area contributed by atoms with Crippen molar-refractivity contribution in [2.45, 2.75) is 29.9 Å². The summed E-state index contributed by atoms with van der Waals surface area (Å²) in [4.78, 5) is 21.7. The van der Waals surface area contributed by atoms with Gasteiger partial charge in [0, 0.05) is 17.7 Å². The first-order chi connectivity index (χ1) is 16.2. The van der Waals surface area contributed by atoms with Gasteiger partial charge in [0.15, 0.2) is 0 Å². The summed E-state index contributed by atoms with van der Waals surface area (Å²) in [5, 5.41) is 11.0. The van der Waals surface area contributed by atoms with Gasteiger partial charge in [0.1, 0.15) is 17.1 Å². The maximum absolute atomic E-state index is 14.1. The van der Waals surface area contributed by atoms with Crippen molar-refractivity contribution in [2.75, 3.05) is 7.11 Å². The summed E-state index contributed by atoms with van der Waals surface area (Å²) in [6.07, 6.45) is -7.28. The molecule has 0 saturated heterocycles. The molecule has 0 atom stereocenters. The number of hydrogen-bond acceptors (Lipinski definition) is 5. The molecule has 198 valence electrons. The lowest BCUT2D eigenvalue weighted by atomic mass is 9.93. The Labute approximate surface area is 192 Å². The van der Waals surface area contributed by atoms with Crippen LogP contribution in [0.1, 0.15) is 15.9 Å². The van der Waals surface area contributed by atoms with E-state index in [0.717, 1.165) is 25.3 Å². The Hall–Kier alpha value is -3.66. The van der Waals surface area contributed by atoms with Gasteiger partial charge in [-0.1, -0.05) is 0 Å². The molecule has 6 nitrogen and oxygen atoms in total. The Kier molecular flexibility index (Phi) is 7.21. The lowest BCUT2D eigenvalue weighted by Crippen LogP contribution is -2.65. The van der Waals surface area contributed by atoms with Gasteiger partial charge in [-0.2, -0.15) is 48.3 Å². The molecular formula is C19H10F11NO5. The number of esters is 1. The molecule has 0 fully saturated rings. The molecule has 0 N–H and O–H groups in total. The van der Waals surface area contributed by atoms with Crippen molar-refractivity contribution in [3.63, 3.8) is 0 Å². The largest absolute Gasteiger partial charge is 0.465 e. The van der Waals surface area contributed by atoms with Crippen LogP contribution in [0, 0.1) is 10.1 Å². The average molecular weight is 541 g/mol. The van der Waals surface area contributed by atoms with Crippen LogP contribution >= 0.6 is 0 Å². The average Bonchev–Trinajstić information content (AvgIpc) is 2.77. The number of carbonyl (C=O) groups excluding carboxylic acids is 1.